The minimum Gasteiger partial charge on any atom is -0.479 e. The molecule has 22 heavy (non-hydrogen) atoms. The first-order chi connectivity index (χ1) is 10.5. The van der Waals surface area contributed by atoms with Crippen molar-refractivity contribution in [1.82, 2.24) is 0 Å². The van der Waals surface area contributed by atoms with Gasteiger partial charge in [-0.05, 0) is 31.2 Å². The highest BCUT2D eigenvalue weighted by Crippen LogP contribution is 2.27. The van der Waals surface area contributed by atoms with E-state index >= 15 is 0 Å². The molecule has 0 saturated carbocycles. The second kappa shape index (κ2) is 8.19. The Morgan fingerprint density at radius 2 is 2.05 bits per heavy atom. The van der Waals surface area contributed by atoms with Gasteiger partial charge in [0.05, 0.1) is 10.8 Å². The van der Waals surface area contributed by atoms with Gasteiger partial charge in [-0.2, -0.15) is 0 Å². The van der Waals surface area contributed by atoms with E-state index in [1.165, 1.54) is 17.8 Å². The number of thioether (sulfide) groups is 1. The van der Waals surface area contributed by atoms with Crippen molar-refractivity contribution in [2.45, 2.75) is 11.8 Å². The number of hydrogen-bond donors (Lipinski definition) is 0. The highest BCUT2D eigenvalue weighted by atomic mass is 35.5. The van der Waals surface area contributed by atoms with Gasteiger partial charge in [-0.3, -0.25) is 0 Å². The quantitative estimate of drug-likeness (QED) is 0.601. The molecular weight excluding hydrogens is 343 g/mol. The third-order valence-electron chi connectivity index (χ3n) is 2.50. The maximum absolute atomic E-state index is 11.2. The van der Waals surface area contributed by atoms with Crippen molar-refractivity contribution in [2.75, 3.05) is 12.4 Å². The molecule has 0 spiro atoms. The van der Waals surface area contributed by atoms with Crippen LogP contribution in [0.5, 0.6) is 5.75 Å². The fraction of sp³-hybridized carbons (Fsp3) is 0.188. The Kier molecular flexibility index (Phi) is 6.26. The number of aryl methyl sites for hydroxylation is 1. The molecule has 1 heterocycles. The van der Waals surface area contributed by atoms with Gasteiger partial charge in [-0.25, -0.2) is 4.79 Å². The van der Waals surface area contributed by atoms with Gasteiger partial charge < -0.3 is 9.15 Å². The molecule has 2 rings (SSSR count). The highest BCUT2D eigenvalue weighted by Gasteiger charge is 2.01. The third kappa shape index (κ3) is 5.34. The molecule has 0 atom stereocenters. The Hall–Kier alpha value is -1.54. The summed E-state index contributed by atoms with van der Waals surface area (Å²) in [5.41, 5.74) is -0.351. The lowest BCUT2D eigenvalue weighted by atomic mass is 10.3. The SMILES string of the molecule is Cc1cc(SCC#CCOc2ccc(Cl)cc2Cl)cc(=O)o1. The van der Waals surface area contributed by atoms with E-state index < -0.39 is 0 Å². The molecule has 0 radical (unpaired) electrons. The van der Waals surface area contributed by atoms with Crippen molar-refractivity contribution < 1.29 is 9.15 Å². The summed E-state index contributed by atoms with van der Waals surface area (Å²) in [5.74, 6) is 7.54. The van der Waals surface area contributed by atoms with Crippen LogP contribution < -0.4 is 10.4 Å². The zero-order valence-electron chi connectivity index (χ0n) is 11.7. The molecule has 1 aromatic heterocycles. The van der Waals surface area contributed by atoms with Crippen LogP contribution in [0.3, 0.4) is 0 Å². The number of ether oxygens (including phenoxy) is 1. The van der Waals surface area contributed by atoms with Gasteiger partial charge in [0.15, 0.2) is 0 Å². The minimum atomic E-state index is -0.351. The van der Waals surface area contributed by atoms with Crippen molar-refractivity contribution in [3.8, 4) is 17.6 Å². The van der Waals surface area contributed by atoms with Crippen LogP contribution in [-0.2, 0) is 0 Å². The molecule has 1 aromatic carbocycles. The summed E-state index contributed by atoms with van der Waals surface area (Å²) in [4.78, 5) is 12.0. The highest BCUT2D eigenvalue weighted by molar-refractivity contribution is 7.99. The number of halogens is 2. The average Bonchev–Trinajstić information content (AvgIpc) is 2.43. The van der Waals surface area contributed by atoms with Crippen LogP contribution in [0.15, 0.2) is 44.4 Å². The molecule has 0 aliphatic heterocycles. The first kappa shape index (κ1) is 16.8. The van der Waals surface area contributed by atoms with Crippen LogP contribution >= 0.6 is 35.0 Å². The van der Waals surface area contributed by atoms with Crippen molar-refractivity contribution in [3.63, 3.8) is 0 Å². The normalized spacial score (nSPS) is 9.95. The molecule has 114 valence electrons. The molecule has 0 saturated heterocycles. The van der Waals surface area contributed by atoms with Crippen molar-refractivity contribution in [1.29, 1.82) is 0 Å². The van der Waals surface area contributed by atoms with E-state index in [2.05, 4.69) is 11.8 Å². The number of rotatable bonds is 4. The zero-order chi connectivity index (χ0) is 15.9. The van der Waals surface area contributed by atoms with Crippen LogP contribution in [0.1, 0.15) is 5.76 Å². The topological polar surface area (TPSA) is 39.4 Å². The summed E-state index contributed by atoms with van der Waals surface area (Å²) in [7, 11) is 0. The summed E-state index contributed by atoms with van der Waals surface area (Å²) >= 11 is 13.2. The second-order valence-electron chi connectivity index (χ2n) is 4.23. The van der Waals surface area contributed by atoms with Crippen molar-refractivity contribution in [3.05, 3.63) is 56.6 Å². The summed E-state index contributed by atoms with van der Waals surface area (Å²) < 4.78 is 10.3. The van der Waals surface area contributed by atoms with Gasteiger partial charge in [-0.15, -0.1) is 11.8 Å². The van der Waals surface area contributed by atoms with Gasteiger partial charge in [0.2, 0.25) is 0 Å². The zero-order valence-corrected chi connectivity index (χ0v) is 14.0. The van der Waals surface area contributed by atoms with Gasteiger partial charge in [0.25, 0.3) is 0 Å². The Bertz CT molecular complexity index is 775. The predicted molar refractivity (Wildman–Crippen MR) is 90.2 cm³/mol. The van der Waals surface area contributed by atoms with Gasteiger partial charge in [-0.1, -0.05) is 35.0 Å². The Morgan fingerprint density at radius 1 is 1.23 bits per heavy atom. The smallest absolute Gasteiger partial charge is 0.336 e. The van der Waals surface area contributed by atoms with E-state index in [1.807, 2.05) is 0 Å². The Labute approximate surface area is 142 Å². The van der Waals surface area contributed by atoms with Crippen LogP contribution in [0.25, 0.3) is 0 Å². The summed E-state index contributed by atoms with van der Waals surface area (Å²) in [5, 5.41) is 1.01. The standard InChI is InChI=1S/C16H12Cl2O3S/c1-11-8-13(10-16(19)21-11)22-7-3-2-6-20-15-5-4-12(17)9-14(15)18/h4-5,8-10H,6-7H2,1H3. The molecule has 0 aliphatic rings. The van der Waals surface area contributed by atoms with Crippen molar-refractivity contribution >= 4 is 35.0 Å². The third-order valence-corrected chi connectivity index (χ3v) is 3.89. The van der Waals surface area contributed by atoms with Crippen LogP contribution in [0, 0.1) is 18.8 Å². The maximum Gasteiger partial charge on any atom is 0.336 e. The fourth-order valence-corrected chi connectivity index (χ4v) is 2.82. The summed E-state index contributed by atoms with van der Waals surface area (Å²) in [6.45, 7) is 1.97. The van der Waals surface area contributed by atoms with E-state index in [-0.39, 0.29) is 12.2 Å². The average molecular weight is 355 g/mol. The van der Waals surface area contributed by atoms with E-state index in [0.717, 1.165) is 4.90 Å². The van der Waals surface area contributed by atoms with Crippen LogP contribution in [0.2, 0.25) is 10.0 Å². The molecule has 3 nitrogen and oxygen atoms in total. The lowest BCUT2D eigenvalue weighted by Gasteiger charge is -2.04. The van der Waals surface area contributed by atoms with Crippen molar-refractivity contribution in [2.24, 2.45) is 0 Å². The Balaban J connectivity index is 1.81. The minimum absolute atomic E-state index is 0.234. The second-order valence-corrected chi connectivity index (χ2v) is 6.12. The molecule has 0 N–H and O–H groups in total. The maximum atomic E-state index is 11.2. The Morgan fingerprint density at radius 3 is 2.77 bits per heavy atom. The molecule has 2 aromatic rings. The van der Waals surface area contributed by atoms with Gasteiger partial charge >= 0.3 is 5.63 Å². The van der Waals surface area contributed by atoms with E-state index in [1.54, 1.807) is 31.2 Å². The first-order valence-electron chi connectivity index (χ1n) is 6.33. The molecule has 6 heteroatoms. The van der Waals surface area contributed by atoms with E-state index in [4.69, 9.17) is 32.4 Å². The lowest BCUT2D eigenvalue weighted by molar-refractivity contribution is 0.370. The largest absolute Gasteiger partial charge is 0.479 e. The van der Waals surface area contributed by atoms with E-state index in [9.17, 15) is 4.79 Å². The molecular formula is C16H12Cl2O3S. The van der Waals surface area contributed by atoms with E-state index in [0.29, 0.717) is 27.3 Å². The molecule has 0 unspecified atom stereocenters. The summed E-state index contributed by atoms with van der Waals surface area (Å²) in [6, 6.07) is 8.27. The lowest BCUT2D eigenvalue weighted by Crippen LogP contribution is -1.97. The molecule has 0 aliphatic carbocycles. The number of benzene rings is 1. The van der Waals surface area contributed by atoms with Crippen LogP contribution in [0.4, 0.5) is 0 Å². The predicted octanol–water partition coefficient (Wildman–Crippen LogP) is 4.43. The first-order valence-corrected chi connectivity index (χ1v) is 8.07. The molecule has 0 amide bonds. The number of hydrogen-bond acceptors (Lipinski definition) is 4. The monoisotopic (exact) mass is 354 g/mol. The molecule has 0 fully saturated rings. The van der Waals surface area contributed by atoms with Crippen LogP contribution in [-0.4, -0.2) is 12.4 Å². The molecule has 0 bridgehead atoms. The summed E-state index contributed by atoms with van der Waals surface area (Å²) in [6.07, 6.45) is 0. The van der Waals surface area contributed by atoms with Gasteiger partial charge in [0, 0.05) is 16.0 Å². The van der Waals surface area contributed by atoms with Gasteiger partial charge in [0.1, 0.15) is 18.1 Å². The fourth-order valence-electron chi connectivity index (χ4n) is 1.59.